The van der Waals surface area contributed by atoms with Crippen LogP contribution in [-0.2, 0) is 0 Å². The van der Waals surface area contributed by atoms with Gasteiger partial charge in [-0.1, -0.05) is 43.5 Å². The van der Waals surface area contributed by atoms with E-state index in [1.807, 2.05) is 0 Å². The van der Waals surface area contributed by atoms with Crippen molar-refractivity contribution in [2.24, 2.45) is 5.92 Å². The molecule has 1 nitrogen and oxygen atoms in total. The fourth-order valence-electron chi connectivity index (χ4n) is 3.13. The van der Waals surface area contributed by atoms with E-state index in [9.17, 15) is 0 Å². The van der Waals surface area contributed by atoms with Crippen LogP contribution in [-0.4, -0.2) is 0 Å². The Kier molecular flexibility index (Phi) is 2.69. The lowest BCUT2D eigenvalue weighted by Gasteiger charge is -2.33. The Balaban J connectivity index is 1.88. The molecule has 0 amide bonds. The summed E-state index contributed by atoms with van der Waals surface area (Å²) in [5.74, 6) is 0.833. The fourth-order valence-corrected chi connectivity index (χ4v) is 3.13. The van der Waals surface area contributed by atoms with Gasteiger partial charge in [0.2, 0.25) is 0 Å². The van der Waals surface area contributed by atoms with Crippen LogP contribution in [0.25, 0.3) is 6.08 Å². The molecule has 1 aromatic rings. The molecule has 16 heavy (non-hydrogen) atoms. The number of rotatable bonds is 1. The molecule has 0 aromatic heterocycles. The first-order chi connectivity index (χ1) is 7.95. The fraction of sp³-hybridized carbons (Fsp3) is 0.467. The monoisotopic (exact) mass is 213 g/mol. The van der Waals surface area contributed by atoms with Crippen LogP contribution >= 0.6 is 0 Å². The van der Waals surface area contributed by atoms with Crippen LogP contribution in [0.5, 0.6) is 0 Å². The van der Waals surface area contributed by atoms with E-state index in [0.717, 1.165) is 5.92 Å². The van der Waals surface area contributed by atoms with E-state index in [2.05, 4.69) is 41.9 Å². The number of nitrogens with one attached hydrogen (secondary N) is 1. The van der Waals surface area contributed by atoms with Crippen LogP contribution in [0.2, 0.25) is 0 Å². The van der Waals surface area contributed by atoms with Gasteiger partial charge in [-0.15, -0.1) is 0 Å². The van der Waals surface area contributed by atoms with Gasteiger partial charge in [-0.25, -0.2) is 0 Å². The van der Waals surface area contributed by atoms with Crippen molar-refractivity contribution >= 4 is 6.08 Å². The normalized spacial score (nSPS) is 24.9. The highest BCUT2D eigenvalue weighted by molar-refractivity contribution is 5.57. The highest BCUT2D eigenvalue weighted by Gasteiger charge is 2.26. The molecule has 1 atom stereocenters. The number of hydrogen-bond donors (Lipinski definition) is 1. The van der Waals surface area contributed by atoms with Gasteiger partial charge < -0.3 is 5.32 Å². The smallest absolute Gasteiger partial charge is 0.0542 e. The molecule has 1 N–H and O–H groups in total. The Morgan fingerprint density at radius 2 is 1.81 bits per heavy atom. The van der Waals surface area contributed by atoms with Crippen molar-refractivity contribution in [3.8, 4) is 0 Å². The topological polar surface area (TPSA) is 12.0 Å². The second-order valence-corrected chi connectivity index (χ2v) is 5.00. The van der Waals surface area contributed by atoms with E-state index in [1.54, 1.807) is 0 Å². The standard InChI is InChI=1S/C15H19N/c1-2-7-13(8-3-1)15-14-9-5-4-6-12(14)10-11-16-15/h4-6,9-11,13,15-16H,1-3,7-8H2. The van der Waals surface area contributed by atoms with Crippen LogP contribution in [0.4, 0.5) is 0 Å². The van der Waals surface area contributed by atoms with Crippen LogP contribution in [0.1, 0.15) is 49.3 Å². The molecule has 0 spiro atoms. The lowest BCUT2D eigenvalue weighted by molar-refractivity contribution is 0.286. The summed E-state index contributed by atoms with van der Waals surface area (Å²) in [5.41, 5.74) is 2.90. The van der Waals surface area contributed by atoms with Crippen molar-refractivity contribution in [3.05, 3.63) is 41.6 Å². The second kappa shape index (κ2) is 4.32. The van der Waals surface area contributed by atoms with Gasteiger partial charge in [0.25, 0.3) is 0 Å². The first kappa shape index (κ1) is 9.95. The van der Waals surface area contributed by atoms with Gasteiger partial charge in [0.05, 0.1) is 6.04 Å². The molecule has 84 valence electrons. The Labute approximate surface area is 97.6 Å². The molecule has 0 bridgehead atoms. The summed E-state index contributed by atoms with van der Waals surface area (Å²) < 4.78 is 0. The Morgan fingerprint density at radius 1 is 1.00 bits per heavy atom. The summed E-state index contributed by atoms with van der Waals surface area (Å²) in [6.45, 7) is 0. The van der Waals surface area contributed by atoms with Crippen molar-refractivity contribution in [2.45, 2.75) is 38.1 Å². The SMILES string of the molecule is C1=Cc2ccccc2C(C2CCCCC2)N1. The predicted molar refractivity (Wildman–Crippen MR) is 67.9 cm³/mol. The van der Waals surface area contributed by atoms with Crippen molar-refractivity contribution in [1.29, 1.82) is 0 Å². The molecule has 1 aliphatic heterocycles. The Morgan fingerprint density at radius 3 is 2.69 bits per heavy atom. The van der Waals surface area contributed by atoms with Crippen LogP contribution in [0.15, 0.2) is 30.5 Å². The maximum Gasteiger partial charge on any atom is 0.0542 e. The van der Waals surface area contributed by atoms with Gasteiger partial charge in [0.1, 0.15) is 0 Å². The third-order valence-electron chi connectivity index (χ3n) is 3.99. The molecule has 1 aromatic carbocycles. The van der Waals surface area contributed by atoms with Gasteiger partial charge in [-0.05, 0) is 42.2 Å². The maximum atomic E-state index is 3.56. The Hall–Kier alpha value is -1.24. The lowest BCUT2D eigenvalue weighted by atomic mass is 9.79. The van der Waals surface area contributed by atoms with Crippen LogP contribution in [0, 0.1) is 5.92 Å². The van der Waals surface area contributed by atoms with E-state index in [1.165, 1.54) is 43.2 Å². The van der Waals surface area contributed by atoms with Gasteiger partial charge in [-0.3, -0.25) is 0 Å². The predicted octanol–water partition coefficient (Wildman–Crippen LogP) is 3.88. The van der Waals surface area contributed by atoms with Gasteiger partial charge >= 0.3 is 0 Å². The lowest BCUT2D eigenvalue weighted by Crippen LogP contribution is -2.28. The molecule has 3 rings (SSSR count). The molecular formula is C15H19N. The summed E-state index contributed by atoms with van der Waals surface area (Å²) in [5, 5.41) is 3.56. The molecule has 1 heterocycles. The zero-order chi connectivity index (χ0) is 10.8. The number of benzene rings is 1. The average molecular weight is 213 g/mol. The zero-order valence-electron chi connectivity index (χ0n) is 9.65. The minimum Gasteiger partial charge on any atom is -0.384 e. The van der Waals surface area contributed by atoms with Crippen LogP contribution in [0.3, 0.4) is 0 Å². The van der Waals surface area contributed by atoms with Gasteiger partial charge in [-0.2, -0.15) is 0 Å². The highest BCUT2D eigenvalue weighted by atomic mass is 14.9. The second-order valence-electron chi connectivity index (χ2n) is 5.00. The summed E-state index contributed by atoms with van der Waals surface area (Å²) >= 11 is 0. The van der Waals surface area contributed by atoms with Crippen molar-refractivity contribution in [1.82, 2.24) is 5.32 Å². The first-order valence-corrected chi connectivity index (χ1v) is 6.47. The van der Waals surface area contributed by atoms with E-state index in [4.69, 9.17) is 0 Å². The number of hydrogen-bond acceptors (Lipinski definition) is 1. The molecule has 0 saturated heterocycles. The molecular weight excluding hydrogens is 194 g/mol. The van der Waals surface area contributed by atoms with E-state index in [0.29, 0.717) is 6.04 Å². The molecule has 0 radical (unpaired) electrons. The van der Waals surface area contributed by atoms with E-state index < -0.39 is 0 Å². The van der Waals surface area contributed by atoms with Crippen molar-refractivity contribution < 1.29 is 0 Å². The molecule has 1 fully saturated rings. The largest absolute Gasteiger partial charge is 0.384 e. The molecule has 1 heteroatoms. The quantitative estimate of drug-likeness (QED) is 0.746. The van der Waals surface area contributed by atoms with Crippen LogP contribution < -0.4 is 5.32 Å². The maximum absolute atomic E-state index is 3.56. The van der Waals surface area contributed by atoms with Gasteiger partial charge in [0.15, 0.2) is 0 Å². The third-order valence-corrected chi connectivity index (χ3v) is 3.99. The summed E-state index contributed by atoms with van der Waals surface area (Å²) in [6, 6.07) is 9.36. The summed E-state index contributed by atoms with van der Waals surface area (Å²) in [7, 11) is 0. The molecule has 2 aliphatic rings. The zero-order valence-corrected chi connectivity index (χ0v) is 9.65. The number of fused-ring (bicyclic) bond motifs is 1. The average Bonchev–Trinajstić information content (AvgIpc) is 2.39. The van der Waals surface area contributed by atoms with E-state index >= 15 is 0 Å². The highest BCUT2D eigenvalue weighted by Crippen LogP contribution is 2.37. The summed E-state index contributed by atoms with van der Waals surface area (Å²) in [4.78, 5) is 0. The minimum absolute atomic E-state index is 0.557. The minimum atomic E-state index is 0.557. The molecule has 1 unspecified atom stereocenters. The van der Waals surface area contributed by atoms with Gasteiger partial charge in [0, 0.05) is 0 Å². The summed E-state index contributed by atoms with van der Waals surface area (Å²) in [6.07, 6.45) is 11.3. The molecule has 1 aliphatic carbocycles. The molecule has 1 saturated carbocycles. The van der Waals surface area contributed by atoms with Crippen molar-refractivity contribution in [3.63, 3.8) is 0 Å². The van der Waals surface area contributed by atoms with E-state index in [-0.39, 0.29) is 0 Å². The Bertz CT molecular complexity index is 388. The van der Waals surface area contributed by atoms with Crippen molar-refractivity contribution in [2.75, 3.05) is 0 Å². The first-order valence-electron chi connectivity index (χ1n) is 6.47. The third kappa shape index (κ3) is 1.75.